The Morgan fingerprint density at radius 1 is 1.24 bits per heavy atom. The number of hydrogen-bond donors (Lipinski definition) is 0. The molecule has 0 atom stereocenters. The molecular weight excluding hydrogens is 328 g/mol. The number of thioether (sulfide) groups is 1. The van der Waals surface area contributed by atoms with Crippen LogP contribution in [0.15, 0.2) is 35.4 Å². The van der Waals surface area contributed by atoms with Gasteiger partial charge in [-0.25, -0.2) is 0 Å². The predicted molar refractivity (Wildman–Crippen MR) is 89.6 cm³/mol. The van der Waals surface area contributed by atoms with Crippen molar-refractivity contribution in [3.63, 3.8) is 0 Å². The fourth-order valence-electron chi connectivity index (χ4n) is 2.14. The standard InChI is InChI=1S/C14H13ClN2O2S2/c15-10-1-3-11(4-2-10)17-13(18)12(21-14(17)20)9-16-5-7-19-8-6-16/h1-4,9H,5-8H2/b12-9-. The van der Waals surface area contributed by atoms with Gasteiger partial charge in [0.2, 0.25) is 0 Å². The Kier molecular flexibility index (Phi) is 4.49. The zero-order chi connectivity index (χ0) is 14.8. The van der Waals surface area contributed by atoms with Gasteiger partial charge in [-0.3, -0.25) is 9.69 Å². The Bertz CT molecular complexity index is 597. The third kappa shape index (κ3) is 3.23. The minimum atomic E-state index is -0.0844. The first-order chi connectivity index (χ1) is 10.1. The molecule has 0 aliphatic carbocycles. The fraction of sp³-hybridized carbons (Fsp3) is 0.286. The SMILES string of the molecule is O=C1/C(=C/N2CCOCC2)SC(=S)N1c1ccc(Cl)cc1. The van der Waals surface area contributed by atoms with Gasteiger partial charge in [-0.2, -0.15) is 0 Å². The van der Waals surface area contributed by atoms with Crippen LogP contribution in [0.2, 0.25) is 5.02 Å². The van der Waals surface area contributed by atoms with Crippen LogP contribution in [-0.2, 0) is 9.53 Å². The number of amides is 1. The quantitative estimate of drug-likeness (QED) is 0.610. The van der Waals surface area contributed by atoms with E-state index in [1.54, 1.807) is 29.2 Å². The molecular formula is C14H13ClN2O2S2. The van der Waals surface area contributed by atoms with Crippen molar-refractivity contribution in [3.8, 4) is 0 Å². The van der Waals surface area contributed by atoms with E-state index >= 15 is 0 Å². The number of halogens is 1. The highest BCUT2D eigenvalue weighted by Crippen LogP contribution is 2.35. The molecule has 1 aromatic rings. The molecule has 0 N–H and O–H groups in total. The second-order valence-corrected chi connectivity index (χ2v) is 6.74. The molecule has 0 bridgehead atoms. The molecule has 2 aliphatic rings. The van der Waals surface area contributed by atoms with Crippen molar-refractivity contribution >= 4 is 51.5 Å². The number of nitrogens with zero attached hydrogens (tertiary/aromatic N) is 2. The van der Waals surface area contributed by atoms with Gasteiger partial charge in [0.15, 0.2) is 4.32 Å². The number of thiocarbonyl (C=S) groups is 1. The largest absolute Gasteiger partial charge is 0.378 e. The van der Waals surface area contributed by atoms with Crippen molar-refractivity contribution in [3.05, 3.63) is 40.4 Å². The number of carbonyl (C=O) groups is 1. The van der Waals surface area contributed by atoms with Crippen LogP contribution in [0.4, 0.5) is 5.69 Å². The van der Waals surface area contributed by atoms with Crippen LogP contribution in [0.5, 0.6) is 0 Å². The van der Waals surface area contributed by atoms with Crippen LogP contribution in [0.1, 0.15) is 0 Å². The normalized spacial score (nSPS) is 21.5. The van der Waals surface area contributed by atoms with E-state index in [0.717, 1.165) is 18.8 Å². The van der Waals surface area contributed by atoms with Gasteiger partial charge in [0, 0.05) is 24.3 Å². The fourth-order valence-corrected chi connectivity index (χ4v) is 3.58. The number of anilines is 1. The zero-order valence-corrected chi connectivity index (χ0v) is 13.5. The molecule has 4 nitrogen and oxygen atoms in total. The third-order valence-corrected chi connectivity index (χ3v) is 4.77. The summed E-state index contributed by atoms with van der Waals surface area (Å²) in [5.41, 5.74) is 0.743. The summed E-state index contributed by atoms with van der Waals surface area (Å²) in [7, 11) is 0. The summed E-state index contributed by atoms with van der Waals surface area (Å²) in [4.78, 5) is 16.8. The Labute approximate surface area is 137 Å². The van der Waals surface area contributed by atoms with E-state index in [1.807, 2.05) is 6.20 Å². The highest BCUT2D eigenvalue weighted by molar-refractivity contribution is 8.27. The molecule has 0 aromatic heterocycles. The average molecular weight is 341 g/mol. The Morgan fingerprint density at radius 2 is 1.90 bits per heavy atom. The van der Waals surface area contributed by atoms with Gasteiger partial charge in [-0.05, 0) is 24.3 Å². The first-order valence-corrected chi connectivity index (χ1v) is 8.11. The van der Waals surface area contributed by atoms with Crippen molar-refractivity contribution in [2.45, 2.75) is 0 Å². The zero-order valence-electron chi connectivity index (χ0n) is 11.1. The first kappa shape index (κ1) is 14.8. The molecule has 2 fully saturated rings. The Balaban J connectivity index is 1.81. The third-order valence-electron chi connectivity index (χ3n) is 3.22. The van der Waals surface area contributed by atoms with Gasteiger partial charge in [0.1, 0.15) is 0 Å². The van der Waals surface area contributed by atoms with E-state index in [0.29, 0.717) is 27.5 Å². The Hall–Kier alpha value is -1.08. The number of rotatable bonds is 2. The molecule has 0 unspecified atom stereocenters. The molecule has 7 heteroatoms. The summed E-state index contributed by atoms with van der Waals surface area (Å²) in [6.45, 7) is 2.97. The maximum Gasteiger partial charge on any atom is 0.272 e. The molecule has 0 radical (unpaired) electrons. The smallest absolute Gasteiger partial charge is 0.272 e. The summed E-state index contributed by atoms with van der Waals surface area (Å²) in [6, 6.07) is 7.10. The monoisotopic (exact) mass is 340 g/mol. The number of benzene rings is 1. The van der Waals surface area contributed by atoms with E-state index in [4.69, 9.17) is 28.6 Å². The van der Waals surface area contributed by atoms with Crippen LogP contribution >= 0.6 is 35.6 Å². The predicted octanol–water partition coefficient (Wildman–Crippen LogP) is 2.88. The number of hydrogen-bond acceptors (Lipinski definition) is 5. The molecule has 3 rings (SSSR count). The second-order valence-electron chi connectivity index (χ2n) is 4.63. The van der Waals surface area contributed by atoms with Crippen molar-refractivity contribution in [1.29, 1.82) is 0 Å². The second kappa shape index (κ2) is 6.36. The summed E-state index contributed by atoms with van der Waals surface area (Å²) in [5, 5.41) is 0.632. The van der Waals surface area contributed by atoms with E-state index in [-0.39, 0.29) is 5.91 Å². The lowest BCUT2D eigenvalue weighted by Crippen LogP contribution is -2.33. The molecule has 2 heterocycles. The molecule has 1 amide bonds. The highest BCUT2D eigenvalue weighted by atomic mass is 35.5. The van der Waals surface area contributed by atoms with E-state index in [1.165, 1.54) is 11.8 Å². The van der Waals surface area contributed by atoms with E-state index in [2.05, 4.69) is 4.90 Å². The summed E-state index contributed by atoms with van der Waals surface area (Å²) >= 11 is 12.5. The lowest BCUT2D eigenvalue weighted by Gasteiger charge is -2.25. The van der Waals surface area contributed by atoms with Gasteiger partial charge < -0.3 is 9.64 Å². The number of morpholine rings is 1. The summed E-state index contributed by atoms with van der Waals surface area (Å²) in [6.07, 6.45) is 1.89. The van der Waals surface area contributed by atoms with Gasteiger partial charge in [-0.1, -0.05) is 35.6 Å². The van der Waals surface area contributed by atoms with Gasteiger partial charge in [-0.15, -0.1) is 0 Å². The van der Waals surface area contributed by atoms with Gasteiger partial charge >= 0.3 is 0 Å². The van der Waals surface area contributed by atoms with Crippen LogP contribution in [-0.4, -0.2) is 41.4 Å². The van der Waals surface area contributed by atoms with Crippen LogP contribution in [0, 0.1) is 0 Å². The first-order valence-electron chi connectivity index (χ1n) is 6.50. The molecule has 2 saturated heterocycles. The average Bonchev–Trinajstić information content (AvgIpc) is 2.76. The molecule has 21 heavy (non-hydrogen) atoms. The van der Waals surface area contributed by atoms with E-state index in [9.17, 15) is 4.79 Å². The molecule has 2 aliphatic heterocycles. The van der Waals surface area contributed by atoms with Gasteiger partial charge in [0.05, 0.1) is 23.8 Å². The molecule has 110 valence electrons. The lowest BCUT2D eigenvalue weighted by molar-refractivity contribution is -0.113. The van der Waals surface area contributed by atoms with Crippen LogP contribution in [0.25, 0.3) is 0 Å². The molecule has 0 spiro atoms. The van der Waals surface area contributed by atoms with Gasteiger partial charge in [0.25, 0.3) is 5.91 Å². The highest BCUT2D eigenvalue weighted by Gasteiger charge is 2.33. The van der Waals surface area contributed by atoms with Crippen molar-refractivity contribution in [2.75, 3.05) is 31.2 Å². The molecule has 1 aromatic carbocycles. The van der Waals surface area contributed by atoms with Crippen LogP contribution in [0.3, 0.4) is 0 Å². The summed E-state index contributed by atoms with van der Waals surface area (Å²) < 4.78 is 5.85. The number of carbonyl (C=O) groups excluding carboxylic acids is 1. The summed E-state index contributed by atoms with van der Waals surface area (Å²) in [5.74, 6) is -0.0844. The minimum Gasteiger partial charge on any atom is -0.378 e. The van der Waals surface area contributed by atoms with Crippen molar-refractivity contribution in [2.24, 2.45) is 0 Å². The number of ether oxygens (including phenoxy) is 1. The van der Waals surface area contributed by atoms with E-state index < -0.39 is 0 Å². The van der Waals surface area contributed by atoms with Crippen molar-refractivity contribution < 1.29 is 9.53 Å². The lowest BCUT2D eigenvalue weighted by atomic mass is 10.3. The van der Waals surface area contributed by atoms with Crippen molar-refractivity contribution in [1.82, 2.24) is 4.90 Å². The van der Waals surface area contributed by atoms with Crippen LogP contribution < -0.4 is 4.90 Å². The topological polar surface area (TPSA) is 32.8 Å². The Morgan fingerprint density at radius 3 is 2.57 bits per heavy atom. The molecule has 0 saturated carbocycles. The minimum absolute atomic E-state index is 0.0844. The maximum atomic E-state index is 12.5. The maximum absolute atomic E-state index is 12.5.